The lowest BCUT2D eigenvalue weighted by Crippen LogP contribution is -2.46. The highest BCUT2D eigenvalue weighted by Crippen LogP contribution is 2.02. The molecule has 2 N–H and O–H groups in total. The fourth-order valence-corrected chi connectivity index (χ4v) is 2.30. The molecule has 0 spiro atoms. The van der Waals surface area contributed by atoms with Crippen LogP contribution in [0.15, 0.2) is 0 Å². The van der Waals surface area contributed by atoms with E-state index in [1.54, 1.807) is 6.07 Å². The molecule has 5 nitrogen and oxygen atoms in total. The number of nitrogens with one attached hydrogen (secondary N) is 2. The molecule has 1 saturated heterocycles. The summed E-state index contributed by atoms with van der Waals surface area (Å²) >= 11 is 0. The molecule has 0 aliphatic carbocycles. The van der Waals surface area contributed by atoms with Crippen LogP contribution in [0.3, 0.4) is 0 Å². The molecule has 0 amide bonds. The molecule has 74 valence electrons. The van der Waals surface area contributed by atoms with Gasteiger partial charge in [-0.05, 0) is 19.4 Å². The second-order valence-electron chi connectivity index (χ2n) is 3.08. The molecule has 0 aromatic rings. The molecular weight excluding hydrogens is 190 g/mol. The minimum atomic E-state index is -3.38. The van der Waals surface area contributed by atoms with E-state index in [-0.39, 0.29) is 6.04 Å². The number of hydrogen-bond acceptors (Lipinski definition) is 4. The van der Waals surface area contributed by atoms with Crippen molar-refractivity contribution < 1.29 is 8.42 Å². The zero-order chi connectivity index (χ0) is 9.73. The van der Waals surface area contributed by atoms with Gasteiger partial charge in [0.2, 0.25) is 10.0 Å². The number of sulfonamides is 1. The lowest BCUT2D eigenvalue weighted by atomic mass is 10.1. The summed E-state index contributed by atoms with van der Waals surface area (Å²) in [4.78, 5) is 0. The molecule has 1 fully saturated rings. The molecule has 0 aromatic carbocycles. The van der Waals surface area contributed by atoms with Crippen LogP contribution in [-0.4, -0.2) is 33.3 Å². The summed E-state index contributed by atoms with van der Waals surface area (Å²) in [6.45, 7) is 1.60. The van der Waals surface area contributed by atoms with Crippen molar-refractivity contribution in [2.45, 2.75) is 18.9 Å². The van der Waals surface area contributed by atoms with Gasteiger partial charge in [0.05, 0.1) is 6.07 Å². The average Bonchev–Trinajstić information content (AvgIpc) is 2.04. The first-order valence-electron chi connectivity index (χ1n) is 4.22. The van der Waals surface area contributed by atoms with Crippen molar-refractivity contribution in [2.75, 3.05) is 18.8 Å². The Morgan fingerprint density at radius 1 is 1.62 bits per heavy atom. The van der Waals surface area contributed by atoms with Crippen LogP contribution >= 0.6 is 0 Å². The molecule has 13 heavy (non-hydrogen) atoms. The van der Waals surface area contributed by atoms with Gasteiger partial charge < -0.3 is 5.32 Å². The van der Waals surface area contributed by atoms with Crippen molar-refractivity contribution in [1.82, 2.24) is 10.0 Å². The number of nitrogens with zero attached hydrogens (tertiary/aromatic N) is 1. The lowest BCUT2D eigenvalue weighted by Gasteiger charge is -2.22. The Balaban J connectivity index is 2.43. The maximum absolute atomic E-state index is 11.1. The standard InChI is InChI=1S/C7H13N3O2S/c8-3-5-13(11,12)10-7-2-1-4-9-6-7/h7,9-10H,1-2,4-6H2. The van der Waals surface area contributed by atoms with E-state index in [0.29, 0.717) is 6.54 Å². The quantitative estimate of drug-likeness (QED) is 0.628. The molecule has 0 radical (unpaired) electrons. The highest BCUT2D eigenvalue weighted by molar-refractivity contribution is 7.89. The van der Waals surface area contributed by atoms with Crippen LogP contribution < -0.4 is 10.0 Å². The van der Waals surface area contributed by atoms with E-state index in [2.05, 4.69) is 10.0 Å². The van der Waals surface area contributed by atoms with Crippen LogP contribution in [0.1, 0.15) is 12.8 Å². The summed E-state index contributed by atoms with van der Waals surface area (Å²) in [5.41, 5.74) is 0. The molecule has 1 rings (SSSR count). The van der Waals surface area contributed by atoms with E-state index >= 15 is 0 Å². The second-order valence-corrected chi connectivity index (χ2v) is 4.83. The Hall–Kier alpha value is -0.640. The average molecular weight is 203 g/mol. The minimum absolute atomic E-state index is 0.0490. The Bertz CT molecular complexity index is 287. The van der Waals surface area contributed by atoms with Gasteiger partial charge in [0.15, 0.2) is 5.75 Å². The first-order valence-corrected chi connectivity index (χ1v) is 5.87. The van der Waals surface area contributed by atoms with Crippen molar-refractivity contribution >= 4 is 10.0 Å². The Morgan fingerprint density at radius 2 is 2.38 bits per heavy atom. The molecule has 1 unspecified atom stereocenters. The molecule has 0 saturated carbocycles. The monoisotopic (exact) mass is 203 g/mol. The topological polar surface area (TPSA) is 82.0 Å². The minimum Gasteiger partial charge on any atom is -0.315 e. The maximum atomic E-state index is 11.1. The summed E-state index contributed by atoms with van der Waals surface area (Å²) < 4.78 is 24.8. The van der Waals surface area contributed by atoms with Gasteiger partial charge in [-0.1, -0.05) is 0 Å². The van der Waals surface area contributed by atoms with Crippen molar-refractivity contribution in [3.05, 3.63) is 0 Å². The molecule has 6 heteroatoms. The highest BCUT2D eigenvalue weighted by atomic mass is 32.2. The summed E-state index contributed by atoms with van der Waals surface area (Å²) in [7, 11) is -3.38. The summed E-state index contributed by atoms with van der Waals surface area (Å²) in [5.74, 6) is -0.455. The molecule has 1 aliphatic rings. The summed E-state index contributed by atoms with van der Waals surface area (Å²) in [5, 5.41) is 11.3. The number of nitriles is 1. The lowest BCUT2D eigenvalue weighted by molar-refractivity contribution is 0.429. The molecule has 0 aromatic heterocycles. The van der Waals surface area contributed by atoms with Gasteiger partial charge in [0.1, 0.15) is 0 Å². The van der Waals surface area contributed by atoms with Gasteiger partial charge in [-0.3, -0.25) is 0 Å². The van der Waals surface area contributed by atoms with Crippen LogP contribution in [0.25, 0.3) is 0 Å². The summed E-state index contributed by atoms with van der Waals surface area (Å²) in [6, 6.07) is 1.58. The number of hydrogen-bond donors (Lipinski definition) is 2. The highest BCUT2D eigenvalue weighted by Gasteiger charge is 2.19. The van der Waals surface area contributed by atoms with Crippen LogP contribution in [0.2, 0.25) is 0 Å². The largest absolute Gasteiger partial charge is 0.315 e. The van der Waals surface area contributed by atoms with Gasteiger partial charge >= 0.3 is 0 Å². The van der Waals surface area contributed by atoms with Crippen LogP contribution in [0, 0.1) is 11.3 Å². The fourth-order valence-electron chi connectivity index (χ4n) is 1.33. The predicted molar refractivity (Wildman–Crippen MR) is 48.4 cm³/mol. The number of rotatable bonds is 3. The third kappa shape index (κ3) is 3.72. The smallest absolute Gasteiger partial charge is 0.225 e. The van der Waals surface area contributed by atoms with Gasteiger partial charge in [-0.2, -0.15) is 5.26 Å². The van der Waals surface area contributed by atoms with Crippen LogP contribution in [0.4, 0.5) is 0 Å². The van der Waals surface area contributed by atoms with E-state index in [1.807, 2.05) is 0 Å². The van der Waals surface area contributed by atoms with E-state index in [4.69, 9.17) is 5.26 Å². The van der Waals surface area contributed by atoms with Crippen molar-refractivity contribution in [1.29, 1.82) is 5.26 Å². The normalized spacial score (nSPS) is 23.8. The Morgan fingerprint density at radius 3 is 2.92 bits per heavy atom. The van der Waals surface area contributed by atoms with Gasteiger partial charge in [0, 0.05) is 12.6 Å². The molecular formula is C7H13N3O2S. The summed E-state index contributed by atoms with van der Waals surface area (Å²) in [6.07, 6.45) is 1.82. The molecule has 0 bridgehead atoms. The number of piperidine rings is 1. The van der Waals surface area contributed by atoms with E-state index in [1.165, 1.54) is 0 Å². The maximum Gasteiger partial charge on any atom is 0.225 e. The zero-order valence-electron chi connectivity index (χ0n) is 7.28. The van der Waals surface area contributed by atoms with Gasteiger partial charge in [0.25, 0.3) is 0 Å². The van der Waals surface area contributed by atoms with Crippen molar-refractivity contribution in [2.24, 2.45) is 0 Å². The van der Waals surface area contributed by atoms with Crippen LogP contribution in [0.5, 0.6) is 0 Å². The third-order valence-electron chi connectivity index (χ3n) is 1.90. The van der Waals surface area contributed by atoms with Gasteiger partial charge in [-0.25, -0.2) is 13.1 Å². The molecule has 1 heterocycles. The van der Waals surface area contributed by atoms with Crippen molar-refractivity contribution in [3.8, 4) is 6.07 Å². The molecule has 1 aliphatic heterocycles. The molecule has 1 atom stereocenters. The Labute approximate surface area is 78.2 Å². The predicted octanol–water partition coefficient (Wildman–Crippen LogP) is -0.819. The first-order chi connectivity index (χ1) is 6.14. The SMILES string of the molecule is N#CCS(=O)(=O)NC1CCCNC1. The second kappa shape index (κ2) is 4.56. The Kier molecular flexibility index (Phi) is 3.66. The van der Waals surface area contributed by atoms with Gasteiger partial charge in [-0.15, -0.1) is 0 Å². The van der Waals surface area contributed by atoms with E-state index in [9.17, 15) is 8.42 Å². The third-order valence-corrected chi connectivity index (χ3v) is 3.10. The zero-order valence-corrected chi connectivity index (χ0v) is 8.10. The van der Waals surface area contributed by atoms with Crippen molar-refractivity contribution in [3.63, 3.8) is 0 Å². The van der Waals surface area contributed by atoms with Crippen LogP contribution in [-0.2, 0) is 10.0 Å². The fraction of sp³-hybridized carbons (Fsp3) is 0.857. The van der Waals surface area contributed by atoms with E-state index in [0.717, 1.165) is 19.4 Å². The van der Waals surface area contributed by atoms with E-state index < -0.39 is 15.8 Å². The first kappa shape index (κ1) is 10.4.